The second-order valence-electron chi connectivity index (χ2n) is 4.01. The lowest BCUT2D eigenvalue weighted by molar-refractivity contribution is -0.0271. The van der Waals surface area contributed by atoms with Gasteiger partial charge in [-0.05, 0) is 11.8 Å². The van der Waals surface area contributed by atoms with Crippen molar-refractivity contribution in [3.05, 3.63) is 0 Å². The van der Waals surface area contributed by atoms with E-state index in [1.165, 1.54) is 0 Å². The van der Waals surface area contributed by atoms with Crippen LogP contribution in [0.5, 0.6) is 0 Å². The summed E-state index contributed by atoms with van der Waals surface area (Å²) in [6.07, 6.45) is 0.578. The normalized spacial score (nSPS) is 34.8. The SMILES string of the molecule is CC(C)(C)C1OCCC1O. The first-order valence-corrected chi connectivity index (χ1v) is 3.81. The van der Waals surface area contributed by atoms with Crippen molar-refractivity contribution in [2.75, 3.05) is 6.61 Å². The lowest BCUT2D eigenvalue weighted by Gasteiger charge is -2.28. The molecular formula is C8H16O2. The van der Waals surface area contributed by atoms with Crippen LogP contribution < -0.4 is 0 Å². The highest BCUT2D eigenvalue weighted by molar-refractivity contribution is 4.84. The van der Waals surface area contributed by atoms with Gasteiger partial charge in [-0.1, -0.05) is 20.8 Å². The molecular weight excluding hydrogens is 128 g/mol. The minimum Gasteiger partial charge on any atom is -0.390 e. The zero-order valence-corrected chi connectivity index (χ0v) is 6.92. The predicted octanol–water partition coefficient (Wildman–Crippen LogP) is 1.18. The molecule has 60 valence electrons. The van der Waals surface area contributed by atoms with Crippen molar-refractivity contribution in [2.45, 2.75) is 39.4 Å². The summed E-state index contributed by atoms with van der Waals surface area (Å²) in [5, 5.41) is 9.40. The van der Waals surface area contributed by atoms with Gasteiger partial charge in [0.05, 0.1) is 12.2 Å². The molecule has 10 heavy (non-hydrogen) atoms. The summed E-state index contributed by atoms with van der Waals surface area (Å²) < 4.78 is 5.38. The molecule has 0 spiro atoms. The monoisotopic (exact) mass is 144 g/mol. The number of ether oxygens (including phenoxy) is 1. The van der Waals surface area contributed by atoms with Gasteiger partial charge in [-0.15, -0.1) is 0 Å². The fourth-order valence-electron chi connectivity index (χ4n) is 1.41. The van der Waals surface area contributed by atoms with E-state index in [9.17, 15) is 5.11 Å². The molecule has 1 N–H and O–H groups in total. The van der Waals surface area contributed by atoms with Gasteiger partial charge in [-0.2, -0.15) is 0 Å². The summed E-state index contributed by atoms with van der Waals surface area (Å²) in [6.45, 7) is 6.98. The second-order valence-corrected chi connectivity index (χ2v) is 4.01. The molecule has 2 atom stereocenters. The van der Waals surface area contributed by atoms with Crippen LogP contribution in [0, 0.1) is 5.41 Å². The van der Waals surface area contributed by atoms with Gasteiger partial charge in [-0.25, -0.2) is 0 Å². The van der Waals surface area contributed by atoms with Crippen LogP contribution >= 0.6 is 0 Å². The maximum Gasteiger partial charge on any atom is 0.0882 e. The molecule has 1 heterocycles. The Morgan fingerprint density at radius 2 is 2.00 bits per heavy atom. The maximum atomic E-state index is 9.40. The smallest absolute Gasteiger partial charge is 0.0882 e. The van der Waals surface area contributed by atoms with Crippen LogP contribution in [0.25, 0.3) is 0 Å². The fraction of sp³-hybridized carbons (Fsp3) is 1.00. The summed E-state index contributed by atoms with van der Waals surface area (Å²) in [5.74, 6) is 0. The van der Waals surface area contributed by atoms with Gasteiger partial charge in [0.1, 0.15) is 0 Å². The lowest BCUT2D eigenvalue weighted by atomic mass is 9.86. The van der Waals surface area contributed by atoms with E-state index < -0.39 is 0 Å². The van der Waals surface area contributed by atoms with Crippen molar-refractivity contribution in [3.63, 3.8) is 0 Å². The minimum atomic E-state index is -0.250. The van der Waals surface area contributed by atoms with E-state index >= 15 is 0 Å². The van der Waals surface area contributed by atoms with Crippen molar-refractivity contribution in [3.8, 4) is 0 Å². The third-order valence-corrected chi connectivity index (χ3v) is 1.91. The lowest BCUT2D eigenvalue weighted by Crippen LogP contribution is -2.34. The van der Waals surface area contributed by atoms with Gasteiger partial charge >= 0.3 is 0 Å². The van der Waals surface area contributed by atoms with Crippen molar-refractivity contribution in [1.82, 2.24) is 0 Å². The van der Waals surface area contributed by atoms with Crippen LogP contribution in [-0.2, 0) is 4.74 Å². The Kier molecular flexibility index (Phi) is 2.02. The van der Waals surface area contributed by atoms with Gasteiger partial charge in [0.15, 0.2) is 0 Å². The number of rotatable bonds is 0. The van der Waals surface area contributed by atoms with Crippen LogP contribution in [0.4, 0.5) is 0 Å². The number of hydrogen-bond acceptors (Lipinski definition) is 2. The first-order valence-electron chi connectivity index (χ1n) is 3.81. The van der Waals surface area contributed by atoms with Crippen LogP contribution in [0.1, 0.15) is 27.2 Å². The summed E-state index contributed by atoms with van der Waals surface area (Å²) >= 11 is 0. The minimum absolute atomic E-state index is 0.0347. The van der Waals surface area contributed by atoms with Crippen molar-refractivity contribution in [1.29, 1.82) is 0 Å². The molecule has 0 aromatic heterocycles. The van der Waals surface area contributed by atoms with Crippen LogP contribution in [-0.4, -0.2) is 23.9 Å². The molecule has 0 saturated carbocycles. The highest BCUT2D eigenvalue weighted by Gasteiger charge is 2.35. The summed E-state index contributed by atoms with van der Waals surface area (Å²) in [5.41, 5.74) is 0.0793. The molecule has 1 saturated heterocycles. The van der Waals surface area contributed by atoms with Gasteiger partial charge in [0.25, 0.3) is 0 Å². The molecule has 1 aliphatic rings. The largest absolute Gasteiger partial charge is 0.390 e. The third-order valence-electron chi connectivity index (χ3n) is 1.91. The molecule has 0 bridgehead atoms. The number of aliphatic hydroxyl groups is 1. The Morgan fingerprint density at radius 3 is 2.20 bits per heavy atom. The molecule has 1 rings (SSSR count). The Labute approximate surface area is 62.2 Å². The molecule has 0 aromatic rings. The van der Waals surface area contributed by atoms with Gasteiger partial charge < -0.3 is 9.84 Å². The molecule has 1 fully saturated rings. The van der Waals surface area contributed by atoms with E-state index in [-0.39, 0.29) is 17.6 Å². The Morgan fingerprint density at radius 1 is 1.40 bits per heavy atom. The highest BCUT2D eigenvalue weighted by Crippen LogP contribution is 2.30. The quantitative estimate of drug-likeness (QED) is 0.553. The Balaban J connectivity index is 2.55. The molecule has 0 amide bonds. The van der Waals surface area contributed by atoms with E-state index in [4.69, 9.17) is 4.74 Å². The average Bonchev–Trinajstić information content (AvgIpc) is 2.11. The molecule has 1 aliphatic heterocycles. The van der Waals surface area contributed by atoms with Crippen molar-refractivity contribution in [2.24, 2.45) is 5.41 Å². The van der Waals surface area contributed by atoms with Crippen LogP contribution in [0.2, 0.25) is 0 Å². The first kappa shape index (κ1) is 8.02. The van der Waals surface area contributed by atoms with E-state index in [2.05, 4.69) is 20.8 Å². The van der Waals surface area contributed by atoms with E-state index in [1.807, 2.05) is 0 Å². The standard InChI is InChI=1S/C8H16O2/c1-8(2,3)7-6(9)4-5-10-7/h6-7,9H,4-5H2,1-3H3. The molecule has 0 aromatic carbocycles. The van der Waals surface area contributed by atoms with E-state index in [0.717, 1.165) is 6.42 Å². The Bertz CT molecular complexity index is 115. The molecule has 0 aliphatic carbocycles. The number of hydrogen-bond donors (Lipinski definition) is 1. The van der Waals surface area contributed by atoms with Crippen molar-refractivity contribution < 1.29 is 9.84 Å². The Hall–Kier alpha value is -0.0800. The zero-order chi connectivity index (χ0) is 7.78. The predicted molar refractivity (Wildman–Crippen MR) is 39.8 cm³/mol. The van der Waals surface area contributed by atoms with Crippen LogP contribution in [0.3, 0.4) is 0 Å². The highest BCUT2D eigenvalue weighted by atomic mass is 16.5. The van der Waals surface area contributed by atoms with Crippen molar-refractivity contribution >= 4 is 0 Å². The fourth-order valence-corrected chi connectivity index (χ4v) is 1.41. The van der Waals surface area contributed by atoms with E-state index in [0.29, 0.717) is 6.61 Å². The summed E-state index contributed by atoms with van der Waals surface area (Å²) in [4.78, 5) is 0. The first-order chi connectivity index (χ1) is 4.52. The van der Waals surface area contributed by atoms with Gasteiger partial charge in [-0.3, -0.25) is 0 Å². The maximum absolute atomic E-state index is 9.40. The second kappa shape index (κ2) is 2.51. The van der Waals surface area contributed by atoms with Crippen LogP contribution in [0.15, 0.2) is 0 Å². The van der Waals surface area contributed by atoms with Gasteiger partial charge in [0, 0.05) is 6.61 Å². The summed E-state index contributed by atoms with van der Waals surface area (Å²) in [7, 11) is 0. The zero-order valence-electron chi connectivity index (χ0n) is 6.92. The van der Waals surface area contributed by atoms with Gasteiger partial charge in [0.2, 0.25) is 0 Å². The molecule has 2 unspecified atom stereocenters. The third kappa shape index (κ3) is 1.50. The van der Waals surface area contributed by atoms with E-state index in [1.54, 1.807) is 0 Å². The average molecular weight is 144 g/mol. The molecule has 2 heteroatoms. The summed E-state index contributed by atoms with van der Waals surface area (Å²) in [6, 6.07) is 0. The topological polar surface area (TPSA) is 29.5 Å². The molecule has 0 radical (unpaired) electrons. The molecule has 2 nitrogen and oxygen atoms in total. The number of aliphatic hydroxyl groups excluding tert-OH is 1.